The predicted molar refractivity (Wildman–Crippen MR) is 150 cm³/mol. The van der Waals surface area contributed by atoms with E-state index in [1.807, 2.05) is 42.5 Å². The van der Waals surface area contributed by atoms with E-state index in [1.54, 1.807) is 31.0 Å². The Bertz CT molecular complexity index is 1440. The molecule has 0 aliphatic heterocycles. The lowest BCUT2D eigenvalue weighted by Crippen LogP contribution is -2.25. The number of rotatable bonds is 8. The minimum atomic E-state index is -0.312. The van der Waals surface area contributed by atoms with Crippen LogP contribution in [-0.2, 0) is 18.7 Å². The van der Waals surface area contributed by atoms with Gasteiger partial charge in [-0.05, 0) is 58.9 Å². The Hall–Kier alpha value is -3.62. The zero-order valence-electron chi connectivity index (χ0n) is 20.8. The fraction of sp³-hybridized carbons (Fsp3) is 0.200. The Morgan fingerprint density at radius 1 is 1.05 bits per heavy atom. The van der Waals surface area contributed by atoms with Gasteiger partial charge in [0.15, 0.2) is 0 Å². The average Bonchev–Trinajstić information content (AvgIpc) is 3.34. The molecule has 0 saturated carbocycles. The van der Waals surface area contributed by atoms with Crippen molar-refractivity contribution in [3.05, 3.63) is 117 Å². The molecule has 8 heteroatoms. The van der Waals surface area contributed by atoms with Crippen LogP contribution in [0, 0.1) is 5.82 Å². The van der Waals surface area contributed by atoms with Crippen molar-refractivity contribution in [3.8, 4) is 5.75 Å². The van der Waals surface area contributed by atoms with Gasteiger partial charge in [0.25, 0.3) is 5.91 Å². The van der Waals surface area contributed by atoms with Crippen molar-refractivity contribution in [3.63, 3.8) is 0 Å². The molecule has 0 fully saturated rings. The van der Waals surface area contributed by atoms with Crippen LogP contribution in [-0.4, -0.2) is 23.9 Å². The molecular formula is C30H27FN2O3S2. The summed E-state index contributed by atoms with van der Waals surface area (Å²) in [6.45, 7) is 0.293. The van der Waals surface area contributed by atoms with Crippen molar-refractivity contribution in [2.45, 2.75) is 35.3 Å². The lowest BCUT2D eigenvalue weighted by atomic mass is 9.80. The molecule has 2 N–H and O–H groups in total. The van der Waals surface area contributed by atoms with E-state index in [0.29, 0.717) is 30.0 Å². The highest BCUT2D eigenvalue weighted by Crippen LogP contribution is 2.45. The van der Waals surface area contributed by atoms with Crippen LogP contribution in [0.15, 0.2) is 88.2 Å². The Morgan fingerprint density at radius 3 is 2.47 bits per heavy atom. The highest BCUT2D eigenvalue weighted by atomic mass is 32.2. The molecule has 5 rings (SSSR count). The summed E-state index contributed by atoms with van der Waals surface area (Å²) in [6.07, 6.45) is 1.23. The molecule has 1 aliphatic carbocycles. The Kier molecular flexibility index (Phi) is 8.10. The van der Waals surface area contributed by atoms with Gasteiger partial charge in [0.2, 0.25) is 0 Å². The summed E-state index contributed by atoms with van der Waals surface area (Å²) in [4.78, 5) is 14.1. The number of nitrogens with zero attached hydrogens (tertiary/aromatic N) is 1. The van der Waals surface area contributed by atoms with Gasteiger partial charge >= 0.3 is 0 Å². The number of carbonyl (C=O) groups excluding carboxylic acids is 1. The maximum absolute atomic E-state index is 13.5. The summed E-state index contributed by atoms with van der Waals surface area (Å²) in [6, 6.07) is 24.1. The molecule has 1 aliphatic rings. The number of amides is 1. The summed E-state index contributed by atoms with van der Waals surface area (Å²) < 4.78 is 19.6. The smallest absolute Gasteiger partial charge is 0.261 e. The first kappa shape index (κ1) is 26.0. The van der Waals surface area contributed by atoms with Gasteiger partial charge in [-0.1, -0.05) is 59.8 Å². The van der Waals surface area contributed by atoms with Crippen LogP contribution < -0.4 is 10.1 Å². The van der Waals surface area contributed by atoms with Gasteiger partial charge < -0.3 is 15.3 Å². The monoisotopic (exact) mass is 546 g/mol. The highest BCUT2D eigenvalue weighted by Gasteiger charge is 2.34. The largest absolute Gasteiger partial charge is 0.497 e. The van der Waals surface area contributed by atoms with Crippen molar-refractivity contribution in [1.29, 1.82) is 0 Å². The van der Waals surface area contributed by atoms with Crippen LogP contribution in [0.3, 0.4) is 0 Å². The number of ether oxygens (including phenoxy) is 1. The normalized spacial score (nSPS) is 15.7. The molecular weight excluding hydrogens is 519 g/mol. The Morgan fingerprint density at radius 2 is 1.79 bits per heavy atom. The van der Waals surface area contributed by atoms with Crippen LogP contribution in [0.5, 0.6) is 5.75 Å². The summed E-state index contributed by atoms with van der Waals surface area (Å²) in [5.74, 6) is 1.08. The Labute approximate surface area is 229 Å². The fourth-order valence-electron chi connectivity index (χ4n) is 4.66. The van der Waals surface area contributed by atoms with Crippen molar-refractivity contribution >= 4 is 34.7 Å². The number of hydrogen-bond donors (Lipinski definition) is 2. The van der Waals surface area contributed by atoms with E-state index in [1.165, 1.54) is 29.0 Å². The minimum Gasteiger partial charge on any atom is -0.497 e. The van der Waals surface area contributed by atoms with Gasteiger partial charge in [-0.2, -0.15) is 0 Å². The molecule has 5 nitrogen and oxygen atoms in total. The zero-order chi connectivity index (χ0) is 26.5. The summed E-state index contributed by atoms with van der Waals surface area (Å²) in [5, 5.41) is 16.8. The number of halogens is 1. The first-order valence-corrected chi connectivity index (χ1v) is 14.1. The third-order valence-corrected chi connectivity index (χ3v) is 9.22. The predicted octanol–water partition coefficient (Wildman–Crippen LogP) is 7.03. The third kappa shape index (κ3) is 5.76. The van der Waals surface area contributed by atoms with Crippen molar-refractivity contribution in [2.24, 2.45) is 5.16 Å². The number of benzene rings is 3. The quantitative estimate of drug-likeness (QED) is 0.141. The van der Waals surface area contributed by atoms with Crippen LogP contribution >= 0.6 is 23.1 Å². The number of fused-ring (bicyclic) bond motifs is 1. The van der Waals surface area contributed by atoms with Gasteiger partial charge in [0, 0.05) is 24.3 Å². The SMILES string of the molecule is COc1ccc(C2C/C(=N\O)c3c(SCc4ccccc4)sc(C(=O)NCc4ccc(F)cc4)c3C2)cc1. The molecule has 0 bridgehead atoms. The van der Waals surface area contributed by atoms with E-state index in [0.717, 1.165) is 38.0 Å². The van der Waals surface area contributed by atoms with Gasteiger partial charge in [-0.25, -0.2) is 4.39 Å². The molecule has 0 saturated heterocycles. The first-order chi connectivity index (χ1) is 18.6. The summed E-state index contributed by atoms with van der Waals surface area (Å²) in [5.41, 5.74) is 5.46. The van der Waals surface area contributed by atoms with E-state index >= 15 is 0 Å². The minimum absolute atomic E-state index is 0.0597. The van der Waals surface area contributed by atoms with E-state index in [-0.39, 0.29) is 17.6 Å². The van der Waals surface area contributed by atoms with E-state index < -0.39 is 0 Å². The van der Waals surface area contributed by atoms with E-state index in [2.05, 4.69) is 22.6 Å². The maximum Gasteiger partial charge on any atom is 0.261 e. The standard InChI is InChI=1S/C30H27FN2O3S2/c1-36-24-13-9-21(10-14-24)22-15-25-27(26(16-22)33-35)30(37-18-20-5-3-2-4-6-20)38-28(25)29(34)32-17-19-7-11-23(31)12-8-19/h2-14,22,35H,15-18H2,1H3,(H,32,34)/b33-26+. The van der Waals surface area contributed by atoms with Crippen molar-refractivity contribution in [2.75, 3.05) is 7.11 Å². The second-order valence-corrected chi connectivity index (χ2v) is 11.3. The molecule has 1 unspecified atom stereocenters. The third-order valence-electron chi connectivity index (χ3n) is 6.65. The second-order valence-electron chi connectivity index (χ2n) is 9.08. The van der Waals surface area contributed by atoms with Crippen LogP contribution in [0.25, 0.3) is 0 Å². The molecule has 1 aromatic heterocycles. The second kappa shape index (κ2) is 11.8. The number of nitrogens with one attached hydrogen (secondary N) is 1. The molecule has 1 heterocycles. The summed E-state index contributed by atoms with van der Waals surface area (Å²) in [7, 11) is 1.63. The van der Waals surface area contributed by atoms with Gasteiger partial charge in [0.1, 0.15) is 11.6 Å². The molecule has 4 aromatic rings. The topological polar surface area (TPSA) is 70.9 Å². The lowest BCUT2D eigenvalue weighted by molar-refractivity contribution is 0.0954. The van der Waals surface area contributed by atoms with Gasteiger partial charge in [0.05, 0.1) is 21.9 Å². The number of carbonyl (C=O) groups is 1. The number of hydrogen-bond acceptors (Lipinski definition) is 6. The molecule has 3 aromatic carbocycles. The number of thiophene rings is 1. The zero-order valence-corrected chi connectivity index (χ0v) is 22.4. The van der Waals surface area contributed by atoms with E-state index in [4.69, 9.17) is 4.74 Å². The first-order valence-electron chi connectivity index (χ1n) is 12.3. The Balaban J connectivity index is 1.46. The maximum atomic E-state index is 13.5. The van der Waals surface area contributed by atoms with Crippen LogP contribution in [0.1, 0.15) is 49.8 Å². The highest BCUT2D eigenvalue weighted by molar-refractivity contribution is 8.00. The van der Waals surface area contributed by atoms with Gasteiger partial charge in [-0.15, -0.1) is 23.1 Å². The number of methoxy groups -OCH3 is 1. The van der Waals surface area contributed by atoms with E-state index in [9.17, 15) is 14.4 Å². The number of oxime groups is 1. The molecule has 38 heavy (non-hydrogen) atoms. The van der Waals surface area contributed by atoms with Crippen LogP contribution in [0.4, 0.5) is 4.39 Å². The molecule has 1 amide bonds. The van der Waals surface area contributed by atoms with Gasteiger partial charge in [-0.3, -0.25) is 4.79 Å². The average molecular weight is 547 g/mol. The van der Waals surface area contributed by atoms with Crippen molar-refractivity contribution in [1.82, 2.24) is 5.32 Å². The van der Waals surface area contributed by atoms with Crippen molar-refractivity contribution < 1.29 is 19.1 Å². The molecule has 194 valence electrons. The molecule has 0 radical (unpaired) electrons. The molecule has 0 spiro atoms. The van der Waals surface area contributed by atoms with Crippen LogP contribution in [0.2, 0.25) is 0 Å². The number of thioether (sulfide) groups is 1. The lowest BCUT2D eigenvalue weighted by Gasteiger charge is -2.25. The molecule has 1 atom stereocenters. The summed E-state index contributed by atoms with van der Waals surface area (Å²) >= 11 is 3.09. The fourth-order valence-corrected chi connectivity index (χ4v) is 7.20.